The van der Waals surface area contributed by atoms with Crippen molar-refractivity contribution in [3.05, 3.63) is 35.8 Å². The molecule has 0 aliphatic heterocycles. The fourth-order valence-corrected chi connectivity index (χ4v) is 2.87. The summed E-state index contributed by atoms with van der Waals surface area (Å²) in [6, 6.07) is 6.50. The van der Waals surface area contributed by atoms with Crippen molar-refractivity contribution in [2.24, 2.45) is 7.05 Å². The summed E-state index contributed by atoms with van der Waals surface area (Å²) in [4.78, 5) is 0. The van der Waals surface area contributed by atoms with Gasteiger partial charge in [0.15, 0.2) is 0 Å². The van der Waals surface area contributed by atoms with Crippen LogP contribution >= 0.6 is 0 Å². The molecule has 0 atom stereocenters. The Morgan fingerprint density at radius 3 is 2.24 bits per heavy atom. The Morgan fingerprint density at radius 1 is 1.14 bits per heavy atom. The number of benzene rings is 1. The third-order valence-electron chi connectivity index (χ3n) is 3.91. The van der Waals surface area contributed by atoms with E-state index in [1.807, 2.05) is 7.05 Å². The number of anilines is 1. The van der Waals surface area contributed by atoms with Gasteiger partial charge in [0, 0.05) is 18.5 Å². The summed E-state index contributed by atoms with van der Waals surface area (Å²) < 4.78 is 14.9. The maximum atomic E-state index is 13.2. The average molecular weight is 289 g/mol. The molecule has 0 amide bonds. The number of hydrogen-bond donors (Lipinski definition) is 1. The topological polar surface area (TPSA) is 43.8 Å². The number of nitrogens with two attached hydrogens (primary N) is 1. The third kappa shape index (κ3) is 3.26. The van der Waals surface area contributed by atoms with E-state index < -0.39 is 0 Å². The zero-order valence-corrected chi connectivity index (χ0v) is 13.1. The molecule has 1 aromatic carbocycles. The lowest BCUT2D eigenvalue weighted by atomic mass is 9.90. The van der Waals surface area contributed by atoms with E-state index in [0.717, 1.165) is 42.5 Å². The fourth-order valence-electron chi connectivity index (χ4n) is 2.87. The van der Waals surface area contributed by atoms with Crippen molar-refractivity contribution in [1.82, 2.24) is 9.78 Å². The van der Waals surface area contributed by atoms with Crippen molar-refractivity contribution in [2.45, 2.75) is 45.4 Å². The highest BCUT2D eigenvalue weighted by Crippen LogP contribution is 2.37. The average Bonchev–Trinajstić information content (AvgIpc) is 2.76. The Kier molecular flexibility index (Phi) is 4.99. The minimum absolute atomic E-state index is 0.235. The zero-order valence-electron chi connectivity index (χ0n) is 13.1. The van der Waals surface area contributed by atoms with Gasteiger partial charge in [0.25, 0.3) is 0 Å². The Hall–Kier alpha value is -1.84. The molecule has 0 spiro atoms. The van der Waals surface area contributed by atoms with Gasteiger partial charge in [-0.15, -0.1) is 0 Å². The third-order valence-corrected chi connectivity index (χ3v) is 3.91. The van der Waals surface area contributed by atoms with Crippen LogP contribution in [-0.4, -0.2) is 9.78 Å². The minimum Gasteiger partial charge on any atom is -0.383 e. The monoisotopic (exact) mass is 289 g/mol. The van der Waals surface area contributed by atoms with Crippen LogP contribution in [0.3, 0.4) is 0 Å². The van der Waals surface area contributed by atoms with Crippen molar-refractivity contribution in [3.8, 4) is 11.1 Å². The predicted molar refractivity (Wildman–Crippen MR) is 85.6 cm³/mol. The highest BCUT2D eigenvalue weighted by atomic mass is 19.1. The smallest absolute Gasteiger partial charge is 0.129 e. The van der Waals surface area contributed by atoms with Gasteiger partial charge in [0.2, 0.25) is 0 Å². The number of aryl methyl sites for hydroxylation is 1. The van der Waals surface area contributed by atoms with Crippen LogP contribution in [-0.2, 0) is 7.05 Å². The lowest BCUT2D eigenvalue weighted by Gasteiger charge is -2.15. The first kappa shape index (κ1) is 15.5. The summed E-state index contributed by atoms with van der Waals surface area (Å²) >= 11 is 0. The van der Waals surface area contributed by atoms with Gasteiger partial charge in [-0.2, -0.15) is 5.10 Å². The number of hydrogen-bond acceptors (Lipinski definition) is 2. The normalized spacial score (nSPS) is 11.3. The van der Waals surface area contributed by atoms with E-state index in [1.165, 1.54) is 12.1 Å². The first-order valence-corrected chi connectivity index (χ1v) is 7.66. The van der Waals surface area contributed by atoms with Gasteiger partial charge in [-0.1, -0.05) is 38.8 Å². The van der Waals surface area contributed by atoms with Gasteiger partial charge in [0.1, 0.15) is 11.6 Å². The highest BCUT2D eigenvalue weighted by Gasteiger charge is 2.22. The largest absolute Gasteiger partial charge is 0.383 e. The lowest BCUT2D eigenvalue weighted by Crippen LogP contribution is -2.02. The molecule has 0 aliphatic rings. The van der Waals surface area contributed by atoms with Crippen LogP contribution < -0.4 is 5.73 Å². The van der Waals surface area contributed by atoms with Crippen molar-refractivity contribution in [3.63, 3.8) is 0 Å². The quantitative estimate of drug-likeness (QED) is 0.851. The summed E-state index contributed by atoms with van der Waals surface area (Å²) in [6.45, 7) is 4.37. The lowest BCUT2D eigenvalue weighted by molar-refractivity contribution is 0.540. The first-order chi connectivity index (χ1) is 10.1. The van der Waals surface area contributed by atoms with E-state index in [9.17, 15) is 4.39 Å². The molecule has 2 aromatic rings. The molecule has 2 N–H and O–H groups in total. The van der Waals surface area contributed by atoms with Crippen LogP contribution in [0.15, 0.2) is 24.3 Å². The van der Waals surface area contributed by atoms with E-state index >= 15 is 0 Å². The fraction of sp³-hybridized carbons (Fsp3) is 0.471. The van der Waals surface area contributed by atoms with Crippen molar-refractivity contribution >= 4 is 5.82 Å². The van der Waals surface area contributed by atoms with Crippen molar-refractivity contribution < 1.29 is 4.39 Å². The van der Waals surface area contributed by atoms with Gasteiger partial charge in [-0.25, -0.2) is 4.39 Å². The van der Waals surface area contributed by atoms with Crippen LogP contribution in [0.5, 0.6) is 0 Å². The summed E-state index contributed by atoms with van der Waals surface area (Å²) in [7, 11) is 1.86. The van der Waals surface area contributed by atoms with E-state index in [4.69, 9.17) is 5.73 Å². The molecule has 0 fully saturated rings. The summed E-state index contributed by atoms with van der Waals surface area (Å²) in [6.07, 6.45) is 4.42. The number of halogens is 1. The number of nitrogen functional groups attached to an aromatic ring is 1. The van der Waals surface area contributed by atoms with Gasteiger partial charge >= 0.3 is 0 Å². The second-order valence-corrected chi connectivity index (χ2v) is 5.55. The predicted octanol–water partition coefficient (Wildman–Crippen LogP) is 4.49. The number of nitrogens with zero attached hydrogens (tertiary/aromatic N) is 2. The van der Waals surface area contributed by atoms with Gasteiger partial charge in [-0.05, 0) is 30.5 Å². The molecule has 21 heavy (non-hydrogen) atoms. The second kappa shape index (κ2) is 6.74. The van der Waals surface area contributed by atoms with Gasteiger partial charge in [0.05, 0.1) is 5.69 Å². The van der Waals surface area contributed by atoms with Crippen LogP contribution in [0.2, 0.25) is 0 Å². The molecule has 114 valence electrons. The molecule has 1 aromatic heterocycles. The molecular weight excluding hydrogens is 265 g/mol. The maximum absolute atomic E-state index is 13.2. The Labute approximate surface area is 126 Å². The summed E-state index contributed by atoms with van der Waals surface area (Å²) in [5.41, 5.74) is 9.16. The molecule has 0 radical (unpaired) electrons. The SMILES string of the molecule is CCCC(CCC)c1nn(C)c(N)c1-c1ccc(F)cc1. The van der Waals surface area contributed by atoms with E-state index in [0.29, 0.717) is 11.7 Å². The van der Waals surface area contributed by atoms with E-state index in [1.54, 1.807) is 16.8 Å². The molecule has 0 unspecified atom stereocenters. The molecule has 0 saturated heterocycles. The molecule has 0 saturated carbocycles. The summed E-state index contributed by atoms with van der Waals surface area (Å²) in [5.74, 6) is 0.818. The number of rotatable bonds is 6. The molecule has 3 nitrogen and oxygen atoms in total. The van der Waals surface area contributed by atoms with Crippen molar-refractivity contribution in [1.29, 1.82) is 0 Å². The van der Waals surface area contributed by atoms with Crippen molar-refractivity contribution in [2.75, 3.05) is 5.73 Å². The second-order valence-electron chi connectivity index (χ2n) is 5.55. The van der Waals surface area contributed by atoms with E-state index in [2.05, 4.69) is 18.9 Å². The first-order valence-electron chi connectivity index (χ1n) is 7.66. The molecule has 0 aliphatic carbocycles. The molecule has 4 heteroatoms. The highest BCUT2D eigenvalue weighted by molar-refractivity contribution is 5.77. The molecule has 2 rings (SSSR count). The Balaban J connectivity index is 2.51. The van der Waals surface area contributed by atoms with Crippen LogP contribution in [0.4, 0.5) is 10.2 Å². The van der Waals surface area contributed by atoms with Gasteiger partial charge in [-0.3, -0.25) is 4.68 Å². The minimum atomic E-state index is -0.235. The summed E-state index contributed by atoms with van der Waals surface area (Å²) in [5, 5.41) is 4.64. The van der Waals surface area contributed by atoms with Gasteiger partial charge < -0.3 is 5.73 Å². The molecule has 0 bridgehead atoms. The van der Waals surface area contributed by atoms with Crippen LogP contribution in [0.25, 0.3) is 11.1 Å². The Bertz CT molecular complexity index is 581. The van der Waals surface area contributed by atoms with Crippen LogP contribution in [0.1, 0.15) is 51.1 Å². The Morgan fingerprint density at radius 2 is 1.71 bits per heavy atom. The molecule has 1 heterocycles. The van der Waals surface area contributed by atoms with E-state index in [-0.39, 0.29) is 5.82 Å². The molecular formula is C17H24FN3. The van der Waals surface area contributed by atoms with Crippen LogP contribution in [0, 0.1) is 5.82 Å². The maximum Gasteiger partial charge on any atom is 0.129 e. The number of aromatic nitrogens is 2. The zero-order chi connectivity index (χ0) is 15.4. The standard InChI is InChI=1S/C17H24FN3/c1-4-6-13(7-5-2)16-15(17(19)21(3)20-16)12-8-10-14(18)11-9-12/h8-11,13H,4-7,19H2,1-3H3.